The quantitative estimate of drug-likeness (QED) is 0.346. The van der Waals surface area contributed by atoms with Gasteiger partial charge in [0.15, 0.2) is 0 Å². The van der Waals surface area contributed by atoms with E-state index in [2.05, 4.69) is 0 Å². The maximum atomic E-state index is 10.7. The molecule has 6 heteroatoms. The molecule has 0 aromatic heterocycles. The van der Waals surface area contributed by atoms with Gasteiger partial charge in [-0.3, -0.25) is 0 Å². The zero-order valence-corrected chi connectivity index (χ0v) is 10.1. The second-order valence-electron chi connectivity index (χ2n) is 2.96. The summed E-state index contributed by atoms with van der Waals surface area (Å²) in [6.07, 6.45) is 0.679. The number of hydrogen-bond acceptors (Lipinski definition) is 4. The summed E-state index contributed by atoms with van der Waals surface area (Å²) in [6, 6.07) is 4.24. The van der Waals surface area contributed by atoms with Gasteiger partial charge < -0.3 is 0 Å². The van der Waals surface area contributed by atoms with Crippen molar-refractivity contribution in [2.45, 2.75) is 11.6 Å². The van der Waals surface area contributed by atoms with E-state index in [-0.39, 0.29) is 18.0 Å². The van der Waals surface area contributed by atoms with Gasteiger partial charge in [-0.2, -0.15) is 0 Å². The van der Waals surface area contributed by atoms with Crippen molar-refractivity contribution in [3.05, 3.63) is 28.3 Å². The number of aliphatic hydroxyl groups is 1. The Morgan fingerprint density at radius 2 is 2.20 bits per heavy atom. The fourth-order valence-corrected chi connectivity index (χ4v) is 3.54. The summed E-state index contributed by atoms with van der Waals surface area (Å²) in [5.41, 5.74) is -0.00654. The predicted octanol–water partition coefficient (Wildman–Crippen LogP) is 0.163. The van der Waals surface area contributed by atoms with E-state index >= 15 is 0 Å². The van der Waals surface area contributed by atoms with E-state index in [1.807, 2.05) is 0 Å². The molecular formula is C9H12AsNO4. The van der Waals surface area contributed by atoms with Crippen molar-refractivity contribution in [3.8, 4) is 5.75 Å². The first-order valence-electron chi connectivity index (χ1n) is 4.47. The van der Waals surface area contributed by atoms with Gasteiger partial charge in [-0.1, -0.05) is 0 Å². The summed E-state index contributed by atoms with van der Waals surface area (Å²) < 4.78 is 0.714. The molecule has 0 fully saturated rings. The van der Waals surface area contributed by atoms with Gasteiger partial charge in [0, 0.05) is 0 Å². The molecular weight excluding hydrogens is 261 g/mol. The molecule has 1 rings (SSSR count). The molecule has 5 nitrogen and oxygen atoms in total. The molecule has 0 radical (unpaired) electrons. The summed E-state index contributed by atoms with van der Waals surface area (Å²) >= 11 is -0.597. The molecule has 1 unspecified atom stereocenters. The van der Waals surface area contributed by atoms with Crippen molar-refractivity contribution >= 4 is 25.8 Å². The van der Waals surface area contributed by atoms with E-state index in [0.717, 1.165) is 5.21 Å². The molecule has 2 N–H and O–H groups in total. The minimum atomic E-state index is -0.597. The zero-order chi connectivity index (χ0) is 11.3. The number of phenolic OH excluding ortho intramolecular Hbond substituents is 1. The van der Waals surface area contributed by atoms with Crippen LogP contribution < -0.4 is 4.35 Å². The van der Waals surface area contributed by atoms with Crippen LogP contribution in [-0.2, 0) is 0 Å². The van der Waals surface area contributed by atoms with Crippen LogP contribution in [0.1, 0.15) is 6.42 Å². The molecule has 0 aliphatic heterocycles. The second-order valence-corrected chi connectivity index (χ2v) is 5.88. The third-order valence-electron chi connectivity index (χ3n) is 1.83. The van der Waals surface area contributed by atoms with E-state index in [9.17, 15) is 10.1 Å². The van der Waals surface area contributed by atoms with Crippen LogP contribution in [-0.4, -0.2) is 37.5 Å². The van der Waals surface area contributed by atoms with Crippen LogP contribution in [0.4, 0.5) is 5.69 Å². The number of nitro groups is 1. The molecule has 1 aromatic carbocycles. The van der Waals surface area contributed by atoms with Gasteiger partial charge in [0.05, 0.1) is 0 Å². The number of benzene rings is 1. The Balaban J connectivity index is 2.81. The average Bonchev–Trinajstić information content (AvgIpc) is 2.20. The molecule has 1 atom stereocenters. The van der Waals surface area contributed by atoms with E-state index in [0.29, 0.717) is 10.8 Å². The molecule has 0 heterocycles. The van der Waals surface area contributed by atoms with Crippen molar-refractivity contribution in [1.29, 1.82) is 0 Å². The first-order valence-corrected chi connectivity index (χ1v) is 7.00. The Morgan fingerprint density at radius 1 is 1.47 bits per heavy atom. The number of aromatic hydroxyl groups is 1. The van der Waals surface area contributed by atoms with Gasteiger partial charge in [0.1, 0.15) is 0 Å². The Labute approximate surface area is 93.6 Å². The monoisotopic (exact) mass is 273 g/mol. The van der Waals surface area contributed by atoms with Crippen molar-refractivity contribution in [3.63, 3.8) is 0 Å². The number of phenols is 1. The molecule has 1 aromatic rings. The Morgan fingerprint density at radius 3 is 2.80 bits per heavy atom. The van der Waals surface area contributed by atoms with Crippen LogP contribution in [0.5, 0.6) is 5.75 Å². The number of nitro benzene ring substituents is 1. The van der Waals surface area contributed by atoms with Crippen molar-refractivity contribution in [2.24, 2.45) is 0 Å². The fraction of sp³-hybridized carbons (Fsp3) is 0.333. The molecule has 0 saturated carbocycles. The van der Waals surface area contributed by atoms with Gasteiger partial charge in [-0.15, -0.1) is 0 Å². The van der Waals surface area contributed by atoms with Crippen molar-refractivity contribution < 1.29 is 15.1 Å². The maximum absolute atomic E-state index is 10.7. The summed E-state index contributed by atoms with van der Waals surface area (Å²) in [7, 11) is 0. The van der Waals surface area contributed by atoms with Crippen LogP contribution in [0.3, 0.4) is 0 Å². The van der Waals surface area contributed by atoms with Crippen LogP contribution in [0.15, 0.2) is 18.2 Å². The van der Waals surface area contributed by atoms with Crippen LogP contribution in [0, 0.1) is 10.1 Å². The van der Waals surface area contributed by atoms with Crippen molar-refractivity contribution in [1.82, 2.24) is 0 Å². The van der Waals surface area contributed by atoms with Crippen LogP contribution in [0.25, 0.3) is 0 Å². The number of rotatable bonds is 5. The predicted molar refractivity (Wildman–Crippen MR) is 58.1 cm³/mol. The molecule has 0 bridgehead atoms. The second kappa shape index (κ2) is 5.73. The number of aliphatic hydroxyl groups excluding tert-OH is 1. The SMILES string of the molecule is O=[N+]([O-])c1cc(O)ccc1[AsH]CCCO. The minimum absolute atomic E-state index is 0.00654. The van der Waals surface area contributed by atoms with Gasteiger partial charge in [-0.05, 0) is 0 Å². The number of nitrogens with zero attached hydrogens (tertiary/aromatic N) is 1. The van der Waals surface area contributed by atoms with E-state index < -0.39 is 20.7 Å². The Bertz CT molecular complexity index is 356. The summed E-state index contributed by atoms with van der Waals surface area (Å²) in [5.74, 6) is -0.0841. The standard InChI is InChI=1S/C9H12AsNO4/c12-5-1-4-10-8-3-2-7(13)6-9(8)11(14)15/h2-3,6,10,12-13H,1,4-5H2. The fourth-order valence-electron chi connectivity index (χ4n) is 1.12. The normalized spacial score (nSPS) is 11.0. The zero-order valence-electron chi connectivity index (χ0n) is 8.01. The topological polar surface area (TPSA) is 83.6 Å². The van der Waals surface area contributed by atoms with Crippen molar-refractivity contribution in [2.75, 3.05) is 6.61 Å². The van der Waals surface area contributed by atoms with E-state index in [1.54, 1.807) is 6.07 Å². The van der Waals surface area contributed by atoms with Crippen LogP contribution in [0.2, 0.25) is 5.21 Å². The van der Waals surface area contributed by atoms with Crippen LogP contribution >= 0.6 is 0 Å². The molecule has 0 saturated heterocycles. The molecule has 0 amide bonds. The van der Waals surface area contributed by atoms with Gasteiger partial charge in [0.2, 0.25) is 0 Å². The van der Waals surface area contributed by atoms with Gasteiger partial charge >= 0.3 is 93.2 Å². The summed E-state index contributed by atoms with van der Waals surface area (Å²) in [4.78, 5) is 10.2. The Hall–Kier alpha value is -1.06. The average molecular weight is 273 g/mol. The molecule has 82 valence electrons. The number of hydrogen-bond donors (Lipinski definition) is 2. The first-order chi connectivity index (χ1) is 7.15. The third-order valence-corrected chi connectivity index (χ3v) is 4.78. The molecule has 0 aliphatic carbocycles. The third kappa shape index (κ3) is 3.53. The molecule has 0 aliphatic rings. The molecule has 0 spiro atoms. The van der Waals surface area contributed by atoms with E-state index in [1.165, 1.54) is 12.1 Å². The molecule has 15 heavy (non-hydrogen) atoms. The van der Waals surface area contributed by atoms with Gasteiger partial charge in [0.25, 0.3) is 0 Å². The Kier molecular flexibility index (Phi) is 4.59. The van der Waals surface area contributed by atoms with E-state index in [4.69, 9.17) is 10.2 Å². The summed E-state index contributed by atoms with van der Waals surface area (Å²) in [6.45, 7) is 0.120. The van der Waals surface area contributed by atoms with Gasteiger partial charge in [-0.25, -0.2) is 0 Å². The first kappa shape index (κ1) is 12.0. The summed E-state index contributed by atoms with van der Waals surface area (Å²) in [5, 5.41) is 29.2.